The molecule has 0 fully saturated rings. The van der Waals surface area contributed by atoms with Gasteiger partial charge in [-0.3, -0.25) is 4.72 Å². The van der Waals surface area contributed by atoms with Gasteiger partial charge in [0.25, 0.3) is 10.0 Å². The highest BCUT2D eigenvalue weighted by molar-refractivity contribution is 7.94. The normalized spacial score (nSPS) is 11.5. The molecule has 1 N–H and O–H groups in total. The average molecular weight is 338 g/mol. The summed E-state index contributed by atoms with van der Waals surface area (Å²) in [6, 6.07) is 9.19. The summed E-state index contributed by atoms with van der Waals surface area (Å²) in [4.78, 5) is 0. The van der Waals surface area contributed by atoms with Crippen molar-refractivity contribution in [2.45, 2.75) is 11.1 Å². The van der Waals surface area contributed by atoms with Crippen molar-refractivity contribution in [2.24, 2.45) is 0 Å². The smallest absolute Gasteiger partial charge is 0.272 e. The summed E-state index contributed by atoms with van der Waals surface area (Å²) >= 11 is 1.09. The summed E-state index contributed by atoms with van der Waals surface area (Å²) in [7, 11) is -3.72. The van der Waals surface area contributed by atoms with Crippen LogP contribution in [0.5, 0.6) is 0 Å². The van der Waals surface area contributed by atoms with Crippen molar-refractivity contribution in [3.05, 3.63) is 53.2 Å². The van der Waals surface area contributed by atoms with Gasteiger partial charge in [-0.2, -0.15) is 0 Å². The van der Waals surface area contributed by atoms with Crippen molar-refractivity contribution in [1.29, 1.82) is 0 Å². The highest BCUT2D eigenvalue weighted by atomic mass is 32.2. The molecule has 0 spiro atoms. The van der Waals surface area contributed by atoms with Gasteiger partial charge >= 0.3 is 0 Å². The van der Waals surface area contributed by atoms with Crippen LogP contribution in [0.1, 0.15) is 5.56 Å². The zero-order chi connectivity index (χ0) is 15.7. The van der Waals surface area contributed by atoms with Crippen LogP contribution in [0.4, 0.5) is 10.2 Å². The quantitative estimate of drug-likeness (QED) is 0.788. The molecule has 0 radical (unpaired) electrons. The number of hydrogen-bond donors (Lipinski definition) is 1. The highest BCUT2D eigenvalue weighted by Gasteiger charge is 2.22. The summed E-state index contributed by atoms with van der Waals surface area (Å²) in [5.74, 6) is -0.219. The number of thiophene rings is 1. The van der Waals surface area contributed by atoms with Crippen molar-refractivity contribution < 1.29 is 17.3 Å². The number of aromatic nitrogens is 1. The van der Waals surface area contributed by atoms with Crippen molar-refractivity contribution in [3.8, 4) is 11.3 Å². The minimum atomic E-state index is -3.72. The van der Waals surface area contributed by atoms with Crippen LogP contribution in [-0.4, -0.2) is 13.6 Å². The van der Waals surface area contributed by atoms with E-state index in [-0.39, 0.29) is 21.4 Å². The Balaban J connectivity index is 1.97. The van der Waals surface area contributed by atoms with E-state index in [1.165, 1.54) is 12.1 Å². The van der Waals surface area contributed by atoms with Gasteiger partial charge in [-0.15, -0.1) is 11.3 Å². The Kier molecular flexibility index (Phi) is 3.71. The Morgan fingerprint density at radius 2 is 2.00 bits per heavy atom. The molecule has 3 aromatic rings. The molecule has 0 bridgehead atoms. The zero-order valence-electron chi connectivity index (χ0n) is 11.4. The Bertz CT molecular complexity index is 902. The highest BCUT2D eigenvalue weighted by Crippen LogP contribution is 2.31. The average Bonchev–Trinajstić information content (AvgIpc) is 3.12. The molecule has 0 unspecified atom stereocenters. The third kappa shape index (κ3) is 2.62. The lowest BCUT2D eigenvalue weighted by molar-refractivity contribution is 0.432. The number of halogens is 1. The topological polar surface area (TPSA) is 72.2 Å². The number of sulfonamides is 1. The first-order valence-electron chi connectivity index (χ1n) is 6.26. The van der Waals surface area contributed by atoms with E-state index in [1.54, 1.807) is 36.6 Å². The van der Waals surface area contributed by atoms with Gasteiger partial charge in [-0.05, 0) is 30.5 Å². The monoisotopic (exact) mass is 338 g/mol. The van der Waals surface area contributed by atoms with E-state index >= 15 is 0 Å². The molecule has 8 heteroatoms. The molecule has 0 saturated carbocycles. The van der Waals surface area contributed by atoms with Gasteiger partial charge in [-0.25, -0.2) is 12.8 Å². The van der Waals surface area contributed by atoms with Gasteiger partial charge in [0.05, 0.1) is 5.56 Å². The predicted molar refractivity (Wildman–Crippen MR) is 81.8 cm³/mol. The fourth-order valence-corrected chi connectivity index (χ4v) is 3.97. The van der Waals surface area contributed by atoms with Gasteiger partial charge in [0.1, 0.15) is 10.0 Å². The Hall–Kier alpha value is -2.19. The second kappa shape index (κ2) is 5.54. The van der Waals surface area contributed by atoms with E-state index in [0.717, 1.165) is 11.3 Å². The minimum absolute atomic E-state index is 0.0478. The van der Waals surface area contributed by atoms with Crippen LogP contribution in [0.2, 0.25) is 0 Å². The molecule has 0 atom stereocenters. The molecule has 3 rings (SSSR count). The van der Waals surface area contributed by atoms with Crippen molar-refractivity contribution in [3.63, 3.8) is 0 Å². The van der Waals surface area contributed by atoms with Crippen molar-refractivity contribution in [1.82, 2.24) is 5.16 Å². The van der Waals surface area contributed by atoms with E-state index in [1.807, 2.05) is 0 Å². The van der Waals surface area contributed by atoms with Gasteiger partial charge in [0.15, 0.2) is 11.6 Å². The van der Waals surface area contributed by atoms with E-state index in [9.17, 15) is 12.8 Å². The molecule has 0 aliphatic rings. The SMILES string of the molecule is Cc1c(NS(=O)(=O)c2cccs2)noc1-c1ccccc1F. The Labute approximate surface area is 130 Å². The maximum atomic E-state index is 13.8. The first-order valence-corrected chi connectivity index (χ1v) is 8.63. The Morgan fingerprint density at radius 3 is 2.68 bits per heavy atom. The molecule has 2 aromatic heterocycles. The summed E-state index contributed by atoms with van der Waals surface area (Å²) in [5, 5.41) is 5.36. The largest absolute Gasteiger partial charge is 0.354 e. The second-order valence-electron chi connectivity index (χ2n) is 4.50. The number of anilines is 1. The summed E-state index contributed by atoms with van der Waals surface area (Å²) in [6.45, 7) is 1.62. The first kappa shape index (κ1) is 14.7. The van der Waals surface area contributed by atoms with E-state index in [0.29, 0.717) is 5.56 Å². The number of rotatable bonds is 4. The lowest BCUT2D eigenvalue weighted by atomic mass is 10.1. The minimum Gasteiger partial charge on any atom is -0.354 e. The lowest BCUT2D eigenvalue weighted by Crippen LogP contribution is -2.12. The molecule has 114 valence electrons. The third-order valence-electron chi connectivity index (χ3n) is 3.03. The second-order valence-corrected chi connectivity index (χ2v) is 7.36. The maximum absolute atomic E-state index is 13.8. The fraction of sp³-hybridized carbons (Fsp3) is 0.0714. The number of benzene rings is 1. The number of nitrogens with zero attached hydrogens (tertiary/aromatic N) is 1. The molecule has 5 nitrogen and oxygen atoms in total. The van der Waals surface area contributed by atoms with Gasteiger partial charge < -0.3 is 4.52 Å². The fourth-order valence-electron chi connectivity index (χ4n) is 1.92. The molecule has 0 amide bonds. The van der Waals surface area contributed by atoms with Crippen LogP contribution >= 0.6 is 11.3 Å². The van der Waals surface area contributed by atoms with Gasteiger partial charge in [0, 0.05) is 5.56 Å². The molecule has 1 aromatic carbocycles. The first-order chi connectivity index (χ1) is 10.5. The summed E-state index contributed by atoms with van der Waals surface area (Å²) in [6.07, 6.45) is 0. The van der Waals surface area contributed by atoms with Crippen LogP contribution < -0.4 is 4.72 Å². The molecular weight excluding hydrogens is 327 g/mol. The van der Waals surface area contributed by atoms with E-state index in [2.05, 4.69) is 9.88 Å². The van der Waals surface area contributed by atoms with Crippen LogP contribution in [0, 0.1) is 12.7 Å². The zero-order valence-corrected chi connectivity index (χ0v) is 13.0. The molecule has 0 saturated heterocycles. The molecule has 0 aliphatic carbocycles. The molecule has 22 heavy (non-hydrogen) atoms. The summed E-state index contributed by atoms with van der Waals surface area (Å²) < 4.78 is 45.8. The third-order valence-corrected chi connectivity index (χ3v) is 5.77. The lowest BCUT2D eigenvalue weighted by Gasteiger charge is -2.03. The molecule has 0 aliphatic heterocycles. The van der Waals surface area contributed by atoms with Crippen LogP contribution in [0.15, 0.2) is 50.5 Å². The van der Waals surface area contributed by atoms with Gasteiger partial charge in [0.2, 0.25) is 0 Å². The number of hydrogen-bond acceptors (Lipinski definition) is 5. The molecule has 2 heterocycles. The van der Waals surface area contributed by atoms with Crippen LogP contribution in [0.25, 0.3) is 11.3 Å². The van der Waals surface area contributed by atoms with Crippen LogP contribution in [-0.2, 0) is 10.0 Å². The maximum Gasteiger partial charge on any atom is 0.272 e. The Morgan fingerprint density at radius 1 is 1.23 bits per heavy atom. The van der Waals surface area contributed by atoms with E-state index in [4.69, 9.17) is 4.52 Å². The van der Waals surface area contributed by atoms with Crippen LogP contribution in [0.3, 0.4) is 0 Å². The van der Waals surface area contributed by atoms with Gasteiger partial charge in [-0.1, -0.05) is 23.4 Å². The summed E-state index contributed by atoms with van der Waals surface area (Å²) in [5.41, 5.74) is 0.652. The standard InChI is InChI=1S/C14H11FN2O3S2/c1-9-13(10-5-2-3-6-11(10)15)20-16-14(9)17-22(18,19)12-7-4-8-21-12/h2-8H,1H3,(H,16,17). The predicted octanol–water partition coefficient (Wildman–Crippen LogP) is 3.65. The van der Waals surface area contributed by atoms with Crippen molar-refractivity contribution >= 4 is 27.2 Å². The van der Waals surface area contributed by atoms with Crippen molar-refractivity contribution in [2.75, 3.05) is 4.72 Å². The number of nitrogens with one attached hydrogen (secondary N) is 1. The molecular formula is C14H11FN2O3S2. The van der Waals surface area contributed by atoms with E-state index < -0.39 is 15.8 Å².